The van der Waals surface area contributed by atoms with Crippen LogP contribution in [0.25, 0.3) is 0 Å². The quantitative estimate of drug-likeness (QED) is 0.785. The number of piperidine rings is 1. The van der Waals surface area contributed by atoms with Crippen molar-refractivity contribution in [3.8, 4) is 0 Å². The fourth-order valence-corrected chi connectivity index (χ4v) is 2.45. The Morgan fingerprint density at radius 3 is 2.64 bits per heavy atom. The number of nitrogens with zero attached hydrogens (tertiary/aromatic N) is 1. The van der Waals surface area contributed by atoms with Crippen molar-refractivity contribution in [2.45, 2.75) is 65.0 Å². The highest BCUT2D eigenvalue weighted by molar-refractivity contribution is 5.77. The molecule has 6 nitrogen and oxygen atoms in total. The monoisotopic (exact) mass is 313 g/mol. The van der Waals surface area contributed by atoms with Gasteiger partial charge in [-0.3, -0.25) is 4.79 Å². The second kappa shape index (κ2) is 8.98. The van der Waals surface area contributed by atoms with Gasteiger partial charge >= 0.3 is 6.09 Å². The number of carbonyl (C=O) groups is 2. The van der Waals surface area contributed by atoms with Crippen LogP contribution in [0.3, 0.4) is 0 Å². The molecule has 2 N–H and O–H groups in total. The van der Waals surface area contributed by atoms with Crippen molar-refractivity contribution in [3.63, 3.8) is 0 Å². The van der Waals surface area contributed by atoms with E-state index in [-0.39, 0.29) is 18.0 Å². The molecule has 0 aliphatic carbocycles. The molecule has 2 amide bonds. The van der Waals surface area contributed by atoms with Crippen LogP contribution in [0.1, 0.15) is 53.4 Å². The Morgan fingerprint density at radius 2 is 2.00 bits per heavy atom. The molecule has 1 aliphatic heterocycles. The number of hydrogen-bond donors (Lipinski definition) is 2. The van der Waals surface area contributed by atoms with Gasteiger partial charge in [-0.2, -0.15) is 0 Å². The average molecular weight is 313 g/mol. The molecule has 0 aromatic heterocycles. The third-order valence-corrected chi connectivity index (χ3v) is 3.49. The maximum Gasteiger partial charge on any atom is 0.410 e. The molecular weight excluding hydrogens is 282 g/mol. The fraction of sp³-hybridized carbons (Fsp3) is 0.875. The molecule has 1 heterocycles. The zero-order valence-electron chi connectivity index (χ0n) is 14.4. The van der Waals surface area contributed by atoms with Crippen LogP contribution in [0.4, 0.5) is 4.79 Å². The van der Waals surface area contributed by atoms with E-state index < -0.39 is 5.60 Å². The molecule has 1 saturated heterocycles. The first-order valence-corrected chi connectivity index (χ1v) is 8.30. The summed E-state index contributed by atoms with van der Waals surface area (Å²) in [6, 6.07) is 0.0996. The first-order valence-electron chi connectivity index (χ1n) is 8.30. The van der Waals surface area contributed by atoms with Gasteiger partial charge in [0.05, 0.1) is 6.54 Å². The minimum atomic E-state index is -0.480. The Labute approximate surface area is 134 Å². The van der Waals surface area contributed by atoms with Crippen molar-refractivity contribution in [2.24, 2.45) is 0 Å². The number of ether oxygens (including phenoxy) is 1. The SMILES string of the molecule is CCCNC(=O)CNCC1CCCCN1C(=O)OC(C)(C)C. The molecule has 0 bridgehead atoms. The van der Waals surface area contributed by atoms with E-state index in [1.54, 1.807) is 4.90 Å². The summed E-state index contributed by atoms with van der Waals surface area (Å²) in [6.45, 7) is 9.99. The lowest BCUT2D eigenvalue weighted by atomic mass is 10.0. The summed E-state index contributed by atoms with van der Waals surface area (Å²) in [7, 11) is 0. The molecule has 22 heavy (non-hydrogen) atoms. The first kappa shape index (κ1) is 18.7. The van der Waals surface area contributed by atoms with Crippen LogP contribution < -0.4 is 10.6 Å². The van der Waals surface area contributed by atoms with Gasteiger partial charge in [-0.05, 0) is 46.5 Å². The van der Waals surface area contributed by atoms with Crippen LogP contribution in [0, 0.1) is 0 Å². The highest BCUT2D eigenvalue weighted by Crippen LogP contribution is 2.19. The van der Waals surface area contributed by atoms with E-state index in [4.69, 9.17) is 4.74 Å². The van der Waals surface area contributed by atoms with Gasteiger partial charge in [-0.1, -0.05) is 6.92 Å². The molecule has 0 spiro atoms. The summed E-state index contributed by atoms with van der Waals surface area (Å²) < 4.78 is 5.47. The summed E-state index contributed by atoms with van der Waals surface area (Å²) in [5, 5.41) is 5.98. The zero-order chi connectivity index (χ0) is 16.6. The number of likely N-dealkylation sites (tertiary alicyclic amines) is 1. The van der Waals surface area contributed by atoms with Gasteiger partial charge in [-0.25, -0.2) is 4.79 Å². The van der Waals surface area contributed by atoms with Crippen molar-refractivity contribution in [1.29, 1.82) is 0 Å². The average Bonchev–Trinajstić information content (AvgIpc) is 2.43. The van der Waals surface area contributed by atoms with Crippen molar-refractivity contribution >= 4 is 12.0 Å². The summed E-state index contributed by atoms with van der Waals surface area (Å²) in [5.74, 6) is 0.00137. The molecule has 1 aliphatic rings. The Kier molecular flexibility index (Phi) is 7.65. The molecular formula is C16H31N3O3. The summed E-state index contributed by atoms with van der Waals surface area (Å²) in [5.41, 5.74) is -0.480. The smallest absolute Gasteiger partial charge is 0.410 e. The predicted octanol–water partition coefficient (Wildman–Crippen LogP) is 1.89. The van der Waals surface area contributed by atoms with Gasteiger partial charge < -0.3 is 20.3 Å². The van der Waals surface area contributed by atoms with Crippen LogP contribution in [-0.2, 0) is 9.53 Å². The number of rotatable bonds is 6. The zero-order valence-corrected chi connectivity index (χ0v) is 14.4. The van der Waals surface area contributed by atoms with Gasteiger partial charge in [0.25, 0.3) is 0 Å². The van der Waals surface area contributed by atoms with Crippen LogP contribution in [0.2, 0.25) is 0 Å². The van der Waals surface area contributed by atoms with Crippen LogP contribution in [0.15, 0.2) is 0 Å². The summed E-state index contributed by atoms with van der Waals surface area (Å²) in [6.07, 6.45) is 3.73. The Bertz CT molecular complexity index is 366. The lowest BCUT2D eigenvalue weighted by Crippen LogP contribution is -2.51. The molecule has 6 heteroatoms. The van der Waals surface area contributed by atoms with E-state index in [1.165, 1.54) is 0 Å². The van der Waals surface area contributed by atoms with Crippen LogP contribution in [-0.4, -0.2) is 54.7 Å². The van der Waals surface area contributed by atoms with E-state index in [2.05, 4.69) is 10.6 Å². The summed E-state index contributed by atoms with van der Waals surface area (Å²) >= 11 is 0. The van der Waals surface area contributed by atoms with E-state index >= 15 is 0 Å². The van der Waals surface area contributed by atoms with Crippen molar-refractivity contribution < 1.29 is 14.3 Å². The molecule has 1 fully saturated rings. The van der Waals surface area contributed by atoms with Gasteiger partial charge in [0.2, 0.25) is 5.91 Å². The standard InChI is InChI=1S/C16H31N3O3/c1-5-9-18-14(20)12-17-11-13-8-6-7-10-19(13)15(21)22-16(2,3)4/h13,17H,5-12H2,1-4H3,(H,18,20). The summed E-state index contributed by atoms with van der Waals surface area (Å²) in [4.78, 5) is 25.6. The lowest BCUT2D eigenvalue weighted by Gasteiger charge is -2.36. The Hall–Kier alpha value is -1.30. The fourth-order valence-electron chi connectivity index (χ4n) is 2.45. The van der Waals surface area contributed by atoms with Gasteiger partial charge in [-0.15, -0.1) is 0 Å². The lowest BCUT2D eigenvalue weighted by molar-refractivity contribution is -0.120. The third kappa shape index (κ3) is 7.11. The maximum atomic E-state index is 12.3. The second-order valence-electron chi connectivity index (χ2n) is 6.80. The third-order valence-electron chi connectivity index (χ3n) is 3.49. The van der Waals surface area contributed by atoms with Crippen LogP contribution >= 0.6 is 0 Å². The van der Waals surface area contributed by atoms with Crippen molar-refractivity contribution in [3.05, 3.63) is 0 Å². The highest BCUT2D eigenvalue weighted by Gasteiger charge is 2.30. The van der Waals surface area contributed by atoms with Gasteiger partial charge in [0, 0.05) is 25.7 Å². The van der Waals surface area contributed by atoms with E-state index in [1.807, 2.05) is 27.7 Å². The number of carbonyl (C=O) groups excluding carboxylic acids is 2. The van der Waals surface area contributed by atoms with E-state index in [0.717, 1.165) is 32.2 Å². The van der Waals surface area contributed by atoms with E-state index in [9.17, 15) is 9.59 Å². The largest absolute Gasteiger partial charge is 0.444 e. The molecule has 0 aromatic carbocycles. The van der Waals surface area contributed by atoms with Gasteiger partial charge in [0.1, 0.15) is 5.60 Å². The topological polar surface area (TPSA) is 70.7 Å². The first-order chi connectivity index (χ1) is 10.3. The molecule has 128 valence electrons. The number of nitrogens with one attached hydrogen (secondary N) is 2. The maximum absolute atomic E-state index is 12.3. The van der Waals surface area contributed by atoms with Gasteiger partial charge in [0.15, 0.2) is 0 Å². The van der Waals surface area contributed by atoms with Crippen molar-refractivity contribution in [2.75, 3.05) is 26.2 Å². The second-order valence-corrected chi connectivity index (χ2v) is 6.80. The molecule has 0 radical (unpaired) electrons. The molecule has 0 aromatic rings. The van der Waals surface area contributed by atoms with Crippen LogP contribution in [0.5, 0.6) is 0 Å². The molecule has 1 atom stereocenters. The minimum absolute atomic E-state index is 0.00137. The Balaban J connectivity index is 2.41. The highest BCUT2D eigenvalue weighted by atomic mass is 16.6. The number of amides is 2. The predicted molar refractivity (Wildman–Crippen MR) is 86.7 cm³/mol. The normalized spacial score (nSPS) is 18.9. The molecule has 1 rings (SSSR count). The Morgan fingerprint density at radius 1 is 1.27 bits per heavy atom. The minimum Gasteiger partial charge on any atom is -0.444 e. The molecule has 1 unspecified atom stereocenters. The van der Waals surface area contributed by atoms with E-state index in [0.29, 0.717) is 19.6 Å². The molecule has 0 saturated carbocycles. The number of hydrogen-bond acceptors (Lipinski definition) is 4. The van der Waals surface area contributed by atoms with Crippen molar-refractivity contribution in [1.82, 2.24) is 15.5 Å².